The minimum Gasteiger partial charge on any atom is -0.396 e. The quantitative estimate of drug-likeness (QED) is 0.746. The van der Waals surface area contributed by atoms with Gasteiger partial charge in [0.15, 0.2) is 0 Å². The second-order valence-corrected chi connectivity index (χ2v) is 3.07. The summed E-state index contributed by atoms with van der Waals surface area (Å²) in [6, 6.07) is 4.55. The Balaban J connectivity index is 2.93. The van der Waals surface area contributed by atoms with E-state index >= 15 is 0 Å². The van der Waals surface area contributed by atoms with E-state index in [1.165, 1.54) is 6.07 Å². The van der Waals surface area contributed by atoms with Crippen LogP contribution in [0.5, 0.6) is 0 Å². The molecule has 0 aliphatic rings. The fourth-order valence-electron chi connectivity index (χ4n) is 1.32. The molecule has 13 heavy (non-hydrogen) atoms. The molecule has 72 valence electrons. The van der Waals surface area contributed by atoms with E-state index < -0.39 is 0 Å². The minimum absolute atomic E-state index is 0.0249. The molecule has 0 aromatic heterocycles. The van der Waals surface area contributed by atoms with Gasteiger partial charge in [-0.2, -0.15) is 0 Å². The van der Waals surface area contributed by atoms with Crippen LogP contribution in [0.3, 0.4) is 0 Å². The predicted octanol–water partition coefficient (Wildman–Crippen LogP) is 1.52. The molecule has 0 fully saturated rings. The van der Waals surface area contributed by atoms with Gasteiger partial charge in [0.1, 0.15) is 5.82 Å². The van der Waals surface area contributed by atoms with Crippen molar-refractivity contribution >= 4 is 0 Å². The van der Waals surface area contributed by atoms with Crippen LogP contribution in [-0.2, 0) is 0 Å². The molecule has 1 rings (SSSR count). The molecule has 0 unspecified atom stereocenters. The van der Waals surface area contributed by atoms with Crippen LogP contribution in [0.1, 0.15) is 23.6 Å². The normalized spacial score (nSPS) is 12.9. The van der Waals surface area contributed by atoms with Crippen molar-refractivity contribution in [3.8, 4) is 0 Å². The summed E-state index contributed by atoms with van der Waals surface area (Å²) in [5.74, 6) is -0.245. The van der Waals surface area contributed by atoms with Gasteiger partial charge in [-0.1, -0.05) is 12.1 Å². The molecule has 0 aliphatic heterocycles. The number of hydrogen-bond acceptors (Lipinski definition) is 2. The lowest BCUT2D eigenvalue weighted by Crippen LogP contribution is -2.13. The SMILES string of the molecule is Cc1c(F)cccc1[C@H](N)CCO. The lowest BCUT2D eigenvalue weighted by molar-refractivity contribution is 0.276. The van der Waals surface area contributed by atoms with E-state index in [4.69, 9.17) is 10.8 Å². The van der Waals surface area contributed by atoms with E-state index in [1.807, 2.05) is 0 Å². The number of aliphatic hydroxyl groups excluding tert-OH is 1. The zero-order valence-corrected chi connectivity index (χ0v) is 7.63. The Labute approximate surface area is 77.2 Å². The van der Waals surface area contributed by atoms with Crippen molar-refractivity contribution in [3.05, 3.63) is 35.1 Å². The molecule has 0 saturated heterocycles. The molecule has 2 nitrogen and oxygen atoms in total. The van der Waals surface area contributed by atoms with Crippen LogP contribution >= 0.6 is 0 Å². The molecule has 0 heterocycles. The Morgan fingerprint density at radius 1 is 1.54 bits per heavy atom. The van der Waals surface area contributed by atoms with Gasteiger partial charge in [0.25, 0.3) is 0 Å². The van der Waals surface area contributed by atoms with Crippen LogP contribution in [0.2, 0.25) is 0 Å². The molecule has 0 spiro atoms. The van der Waals surface area contributed by atoms with Gasteiger partial charge in [-0.3, -0.25) is 0 Å². The van der Waals surface area contributed by atoms with Gasteiger partial charge in [0.2, 0.25) is 0 Å². The summed E-state index contributed by atoms with van der Waals surface area (Å²) in [6.07, 6.45) is 0.463. The topological polar surface area (TPSA) is 46.2 Å². The minimum atomic E-state index is -0.277. The van der Waals surface area contributed by atoms with Gasteiger partial charge in [-0.15, -0.1) is 0 Å². The number of aliphatic hydroxyl groups is 1. The zero-order valence-electron chi connectivity index (χ0n) is 7.63. The van der Waals surface area contributed by atoms with E-state index in [0.29, 0.717) is 12.0 Å². The first-order chi connectivity index (χ1) is 6.16. The summed E-state index contributed by atoms with van der Waals surface area (Å²) in [4.78, 5) is 0. The standard InChI is InChI=1S/C10H14FNO/c1-7-8(10(12)5-6-13)3-2-4-9(7)11/h2-4,10,13H,5-6,12H2,1H3/t10-/m1/s1. The van der Waals surface area contributed by atoms with Crippen molar-refractivity contribution in [2.45, 2.75) is 19.4 Å². The van der Waals surface area contributed by atoms with Crippen LogP contribution in [-0.4, -0.2) is 11.7 Å². The summed E-state index contributed by atoms with van der Waals surface area (Å²) in [7, 11) is 0. The number of halogens is 1. The van der Waals surface area contributed by atoms with Crippen molar-refractivity contribution in [1.82, 2.24) is 0 Å². The first-order valence-corrected chi connectivity index (χ1v) is 4.28. The van der Waals surface area contributed by atoms with Gasteiger partial charge < -0.3 is 10.8 Å². The van der Waals surface area contributed by atoms with E-state index in [1.54, 1.807) is 19.1 Å². The summed E-state index contributed by atoms with van der Waals surface area (Å²) in [6.45, 7) is 1.72. The maximum absolute atomic E-state index is 13.1. The summed E-state index contributed by atoms with van der Waals surface area (Å²) in [5, 5.41) is 8.68. The van der Waals surface area contributed by atoms with Crippen LogP contribution < -0.4 is 5.73 Å². The van der Waals surface area contributed by atoms with Crippen LogP contribution in [0.4, 0.5) is 4.39 Å². The largest absolute Gasteiger partial charge is 0.396 e. The Kier molecular flexibility index (Phi) is 3.39. The molecule has 0 bridgehead atoms. The smallest absolute Gasteiger partial charge is 0.126 e. The highest BCUT2D eigenvalue weighted by Gasteiger charge is 2.10. The van der Waals surface area contributed by atoms with Crippen LogP contribution in [0, 0.1) is 12.7 Å². The molecule has 1 aromatic rings. The van der Waals surface area contributed by atoms with E-state index in [0.717, 1.165) is 5.56 Å². The lowest BCUT2D eigenvalue weighted by atomic mass is 9.99. The second kappa shape index (κ2) is 4.35. The van der Waals surface area contributed by atoms with Gasteiger partial charge in [-0.25, -0.2) is 4.39 Å². The highest BCUT2D eigenvalue weighted by molar-refractivity contribution is 5.29. The highest BCUT2D eigenvalue weighted by atomic mass is 19.1. The summed E-state index contributed by atoms with van der Waals surface area (Å²) in [5.41, 5.74) is 7.09. The van der Waals surface area contributed by atoms with Crippen molar-refractivity contribution in [2.24, 2.45) is 5.73 Å². The first-order valence-electron chi connectivity index (χ1n) is 4.28. The molecule has 1 atom stereocenters. The average Bonchev–Trinajstić information content (AvgIpc) is 2.10. The molecule has 0 saturated carbocycles. The van der Waals surface area contributed by atoms with E-state index in [9.17, 15) is 4.39 Å². The van der Waals surface area contributed by atoms with Crippen LogP contribution in [0.25, 0.3) is 0 Å². The molecule has 3 N–H and O–H groups in total. The Morgan fingerprint density at radius 2 is 2.23 bits per heavy atom. The van der Waals surface area contributed by atoms with Gasteiger partial charge in [0, 0.05) is 12.6 Å². The number of benzene rings is 1. The Hall–Kier alpha value is -0.930. The highest BCUT2D eigenvalue weighted by Crippen LogP contribution is 2.19. The second-order valence-electron chi connectivity index (χ2n) is 3.07. The maximum atomic E-state index is 13.1. The van der Waals surface area contributed by atoms with Gasteiger partial charge in [-0.05, 0) is 30.5 Å². The predicted molar refractivity (Wildman–Crippen MR) is 49.8 cm³/mol. The number of hydrogen-bond donors (Lipinski definition) is 2. The van der Waals surface area contributed by atoms with Crippen LogP contribution in [0.15, 0.2) is 18.2 Å². The molecule has 0 radical (unpaired) electrons. The molecular weight excluding hydrogens is 169 g/mol. The monoisotopic (exact) mass is 183 g/mol. The third kappa shape index (κ3) is 2.26. The third-order valence-electron chi connectivity index (χ3n) is 2.15. The van der Waals surface area contributed by atoms with Crippen molar-refractivity contribution in [1.29, 1.82) is 0 Å². The van der Waals surface area contributed by atoms with Crippen molar-refractivity contribution in [2.75, 3.05) is 6.61 Å². The van der Waals surface area contributed by atoms with Crippen molar-refractivity contribution in [3.63, 3.8) is 0 Å². The van der Waals surface area contributed by atoms with Crippen molar-refractivity contribution < 1.29 is 9.50 Å². The molecule has 1 aromatic carbocycles. The van der Waals surface area contributed by atoms with E-state index in [2.05, 4.69) is 0 Å². The van der Waals surface area contributed by atoms with Gasteiger partial charge in [0.05, 0.1) is 0 Å². The lowest BCUT2D eigenvalue weighted by Gasteiger charge is -2.13. The first kappa shape index (κ1) is 10.2. The fraction of sp³-hybridized carbons (Fsp3) is 0.400. The maximum Gasteiger partial charge on any atom is 0.126 e. The molecule has 0 amide bonds. The fourth-order valence-corrected chi connectivity index (χ4v) is 1.32. The average molecular weight is 183 g/mol. The van der Waals surface area contributed by atoms with Gasteiger partial charge >= 0.3 is 0 Å². The molecule has 0 aliphatic carbocycles. The number of nitrogens with two attached hydrogens (primary N) is 1. The summed E-state index contributed by atoms with van der Waals surface area (Å²) >= 11 is 0. The Bertz CT molecular complexity index is 288. The molecular formula is C10H14FNO. The zero-order chi connectivity index (χ0) is 9.84. The summed E-state index contributed by atoms with van der Waals surface area (Å²) < 4.78 is 13.1. The Morgan fingerprint density at radius 3 is 2.85 bits per heavy atom. The van der Waals surface area contributed by atoms with E-state index in [-0.39, 0.29) is 18.5 Å². The number of rotatable bonds is 3. The molecule has 3 heteroatoms. The third-order valence-corrected chi connectivity index (χ3v) is 2.15.